The molecule has 0 saturated heterocycles. The molecule has 0 aliphatic carbocycles. The first-order chi connectivity index (χ1) is 15.0. The van der Waals surface area contributed by atoms with Crippen LogP contribution in [0.2, 0.25) is 0 Å². The largest absolute Gasteiger partial charge is 1.00 e. The van der Waals surface area contributed by atoms with E-state index in [1.807, 2.05) is 12.1 Å². The molecular formula is C26H47BrN2O3. The van der Waals surface area contributed by atoms with E-state index in [1.165, 1.54) is 89.9 Å². The van der Waals surface area contributed by atoms with Gasteiger partial charge in [-0.25, -0.2) is 0 Å². The average molecular weight is 516 g/mol. The first-order valence-electron chi connectivity index (χ1n) is 12.7. The summed E-state index contributed by atoms with van der Waals surface area (Å²) in [6, 6.07) is 6.84. The number of unbranched alkanes of at least 4 members (excludes halogenated alkanes) is 13. The molecule has 186 valence electrons. The molecule has 0 aliphatic heterocycles. The van der Waals surface area contributed by atoms with Gasteiger partial charge in [0, 0.05) is 17.7 Å². The van der Waals surface area contributed by atoms with Gasteiger partial charge in [0.1, 0.15) is 13.1 Å². The van der Waals surface area contributed by atoms with Gasteiger partial charge >= 0.3 is 0 Å². The summed E-state index contributed by atoms with van der Waals surface area (Å²) in [6.45, 7) is 5.00. The maximum Gasteiger partial charge on any atom is 0.269 e. The number of rotatable bonds is 20. The van der Waals surface area contributed by atoms with Gasteiger partial charge in [-0.2, -0.15) is 0 Å². The molecule has 1 aromatic rings. The number of quaternary nitrogens is 1. The molecule has 0 amide bonds. The molecule has 0 bridgehead atoms. The van der Waals surface area contributed by atoms with Crippen LogP contribution in [0.5, 0.6) is 0 Å². The zero-order valence-corrected chi connectivity index (χ0v) is 22.2. The number of hydrogen-bond acceptors (Lipinski definition) is 3. The molecule has 1 aromatic carbocycles. The van der Waals surface area contributed by atoms with Gasteiger partial charge in [0.2, 0.25) is 0 Å². The Kier molecular flexibility index (Phi) is 18.9. The van der Waals surface area contributed by atoms with Crippen LogP contribution in [-0.2, 0) is 6.54 Å². The number of benzene rings is 1. The van der Waals surface area contributed by atoms with Crippen molar-refractivity contribution < 1.29 is 31.5 Å². The molecule has 1 N–H and O–H groups in total. The molecule has 0 saturated carbocycles. The lowest BCUT2D eigenvalue weighted by Gasteiger charge is -2.34. The maximum atomic E-state index is 10.8. The Labute approximate surface area is 207 Å². The van der Waals surface area contributed by atoms with Crippen molar-refractivity contribution in [1.82, 2.24) is 0 Å². The Morgan fingerprint density at radius 1 is 0.781 bits per heavy atom. The fourth-order valence-corrected chi connectivity index (χ4v) is 4.36. The maximum absolute atomic E-state index is 10.8. The standard InChI is InChI=1S/C26H47N2O3.BrH/c1-3-4-5-6-7-8-9-10-11-12-13-14-15-16-21-28(2,22-23-29)24-25-17-19-26(20-18-25)27(30)31;/h17-20,29H,3-16,21-24H2,1-2H3;1H/q+1;/p-1. The highest BCUT2D eigenvalue weighted by atomic mass is 79.9. The summed E-state index contributed by atoms with van der Waals surface area (Å²) in [5.74, 6) is 0. The fourth-order valence-electron chi connectivity index (χ4n) is 4.36. The van der Waals surface area contributed by atoms with Gasteiger partial charge < -0.3 is 26.6 Å². The summed E-state index contributed by atoms with van der Waals surface area (Å²) in [4.78, 5) is 10.5. The SMILES string of the molecule is CCCCCCCCCCCCCCCC[N+](C)(CCO)Cc1ccc([N+](=O)[O-])cc1.[Br-]. The van der Waals surface area contributed by atoms with Crippen LogP contribution < -0.4 is 17.0 Å². The number of nitro benzene ring substituents is 1. The van der Waals surface area contributed by atoms with E-state index in [0.717, 1.165) is 29.7 Å². The normalized spacial score (nSPS) is 12.8. The van der Waals surface area contributed by atoms with Gasteiger partial charge in [0.15, 0.2) is 0 Å². The third kappa shape index (κ3) is 15.0. The van der Waals surface area contributed by atoms with Crippen molar-refractivity contribution in [2.75, 3.05) is 26.7 Å². The molecule has 1 rings (SSSR count). The number of halogens is 1. The van der Waals surface area contributed by atoms with Crippen molar-refractivity contribution in [3.8, 4) is 0 Å². The topological polar surface area (TPSA) is 63.4 Å². The number of non-ortho nitro benzene ring substituents is 1. The highest BCUT2D eigenvalue weighted by Gasteiger charge is 2.21. The summed E-state index contributed by atoms with van der Waals surface area (Å²) in [7, 11) is 2.18. The molecule has 0 aromatic heterocycles. The Bertz CT molecular complexity index is 583. The van der Waals surface area contributed by atoms with Crippen LogP contribution in [0.4, 0.5) is 5.69 Å². The molecule has 0 heterocycles. The van der Waals surface area contributed by atoms with E-state index >= 15 is 0 Å². The lowest BCUT2D eigenvalue weighted by Crippen LogP contribution is -3.00. The van der Waals surface area contributed by atoms with Gasteiger partial charge in [-0.1, -0.05) is 84.0 Å². The third-order valence-electron chi connectivity index (χ3n) is 6.40. The van der Waals surface area contributed by atoms with Crippen LogP contribution in [0.15, 0.2) is 24.3 Å². The quantitative estimate of drug-likeness (QED) is 0.124. The first kappa shape index (κ1) is 31.0. The van der Waals surface area contributed by atoms with Crippen LogP contribution in [-0.4, -0.2) is 41.3 Å². The van der Waals surface area contributed by atoms with Crippen molar-refractivity contribution in [3.63, 3.8) is 0 Å². The van der Waals surface area contributed by atoms with Gasteiger partial charge in [-0.05, 0) is 25.0 Å². The van der Waals surface area contributed by atoms with Crippen molar-refractivity contribution in [1.29, 1.82) is 0 Å². The third-order valence-corrected chi connectivity index (χ3v) is 6.40. The van der Waals surface area contributed by atoms with E-state index in [9.17, 15) is 15.2 Å². The van der Waals surface area contributed by atoms with Crippen LogP contribution in [0.25, 0.3) is 0 Å². The highest BCUT2D eigenvalue weighted by molar-refractivity contribution is 5.32. The van der Waals surface area contributed by atoms with E-state index < -0.39 is 0 Å². The second kappa shape index (κ2) is 19.5. The number of nitro groups is 1. The summed E-state index contributed by atoms with van der Waals surface area (Å²) >= 11 is 0. The monoisotopic (exact) mass is 514 g/mol. The predicted molar refractivity (Wildman–Crippen MR) is 130 cm³/mol. The Morgan fingerprint density at radius 3 is 1.62 bits per heavy atom. The molecule has 0 radical (unpaired) electrons. The molecule has 5 nitrogen and oxygen atoms in total. The number of likely N-dealkylation sites (N-methyl/N-ethyl adjacent to an activating group) is 1. The van der Waals surface area contributed by atoms with Crippen LogP contribution >= 0.6 is 0 Å². The molecule has 0 aliphatic rings. The van der Waals surface area contributed by atoms with Crippen molar-refractivity contribution >= 4 is 5.69 Å². The molecule has 0 fully saturated rings. The lowest BCUT2D eigenvalue weighted by atomic mass is 10.0. The molecule has 1 unspecified atom stereocenters. The average Bonchev–Trinajstić information content (AvgIpc) is 2.74. The minimum Gasteiger partial charge on any atom is -1.00 e. The van der Waals surface area contributed by atoms with E-state index in [2.05, 4.69) is 14.0 Å². The molecular weight excluding hydrogens is 468 g/mol. The fraction of sp³-hybridized carbons (Fsp3) is 0.769. The first-order valence-corrected chi connectivity index (χ1v) is 12.7. The summed E-state index contributed by atoms with van der Waals surface area (Å²) in [5.41, 5.74) is 1.22. The van der Waals surface area contributed by atoms with E-state index in [1.54, 1.807) is 12.1 Å². The smallest absolute Gasteiger partial charge is 0.269 e. The van der Waals surface area contributed by atoms with Gasteiger partial charge in [-0.15, -0.1) is 0 Å². The number of hydrogen-bond donors (Lipinski definition) is 1. The van der Waals surface area contributed by atoms with Crippen molar-refractivity contribution in [2.45, 2.75) is 103 Å². The van der Waals surface area contributed by atoms with E-state index in [0.29, 0.717) is 0 Å². The van der Waals surface area contributed by atoms with Crippen LogP contribution in [0.3, 0.4) is 0 Å². The molecule has 1 atom stereocenters. The molecule has 6 heteroatoms. The van der Waals surface area contributed by atoms with Gasteiger partial charge in [0.25, 0.3) is 5.69 Å². The van der Waals surface area contributed by atoms with Crippen molar-refractivity contribution in [2.24, 2.45) is 0 Å². The highest BCUT2D eigenvalue weighted by Crippen LogP contribution is 2.18. The van der Waals surface area contributed by atoms with Crippen LogP contribution in [0, 0.1) is 10.1 Å². The number of aliphatic hydroxyl groups excluding tert-OH is 1. The Morgan fingerprint density at radius 2 is 1.22 bits per heavy atom. The minimum absolute atomic E-state index is 0. The second-order valence-corrected chi connectivity index (χ2v) is 9.47. The number of nitrogens with zero attached hydrogens (tertiary/aromatic N) is 2. The Balaban J connectivity index is 0.00000961. The second-order valence-electron chi connectivity index (χ2n) is 9.47. The number of aliphatic hydroxyl groups is 1. The van der Waals surface area contributed by atoms with Crippen LogP contribution in [0.1, 0.15) is 102 Å². The van der Waals surface area contributed by atoms with E-state index in [4.69, 9.17) is 0 Å². The van der Waals surface area contributed by atoms with Gasteiger partial charge in [0.05, 0.1) is 25.1 Å². The van der Waals surface area contributed by atoms with Crippen molar-refractivity contribution in [3.05, 3.63) is 39.9 Å². The summed E-state index contributed by atoms with van der Waals surface area (Å²) < 4.78 is 0.784. The zero-order chi connectivity index (χ0) is 22.8. The summed E-state index contributed by atoms with van der Waals surface area (Å²) in [5, 5.41) is 20.3. The Hall–Kier alpha value is -0.980. The molecule has 32 heavy (non-hydrogen) atoms. The van der Waals surface area contributed by atoms with E-state index in [-0.39, 0.29) is 34.2 Å². The predicted octanol–water partition coefficient (Wildman–Crippen LogP) is 4.02. The summed E-state index contributed by atoms with van der Waals surface area (Å²) in [6.07, 6.45) is 19.0. The minimum atomic E-state index is -0.361. The lowest BCUT2D eigenvalue weighted by molar-refractivity contribution is -0.923. The molecule has 0 spiro atoms. The van der Waals surface area contributed by atoms with Gasteiger partial charge in [-0.3, -0.25) is 10.1 Å². The zero-order valence-electron chi connectivity index (χ0n) is 20.6.